The third-order valence-corrected chi connectivity index (χ3v) is 5.12. The van der Waals surface area contributed by atoms with E-state index in [1.165, 1.54) is 32.2 Å². The van der Waals surface area contributed by atoms with Gasteiger partial charge in [-0.25, -0.2) is 4.98 Å². The van der Waals surface area contributed by atoms with Crippen molar-refractivity contribution >= 4 is 0 Å². The van der Waals surface area contributed by atoms with Crippen LogP contribution >= 0.6 is 0 Å². The molecule has 2 atom stereocenters. The molecule has 2 aliphatic heterocycles. The van der Waals surface area contributed by atoms with Crippen LogP contribution in [-0.2, 0) is 4.74 Å². The van der Waals surface area contributed by atoms with E-state index in [9.17, 15) is 0 Å². The predicted octanol–water partition coefficient (Wildman–Crippen LogP) is 3.58. The number of nitrogens with zero attached hydrogens (tertiary/aromatic N) is 2. The summed E-state index contributed by atoms with van der Waals surface area (Å²) in [6, 6.07) is 4.50. The monoisotopic (exact) mass is 318 g/mol. The molecule has 4 heteroatoms. The second kappa shape index (κ2) is 6.40. The summed E-state index contributed by atoms with van der Waals surface area (Å²) in [7, 11) is 0. The highest BCUT2D eigenvalue weighted by molar-refractivity contribution is 5.16. The van der Waals surface area contributed by atoms with Crippen molar-refractivity contribution in [3.63, 3.8) is 0 Å². The van der Waals surface area contributed by atoms with Gasteiger partial charge in [0.15, 0.2) is 0 Å². The third-order valence-electron chi connectivity index (χ3n) is 5.12. The van der Waals surface area contributed by atoms with Gasteiger partial charge in [0.05, 0.1) is 12.2 Å². The first kappa shape index (κ1) is 16.7. The fourth-order valence-corrected chi connectivity index (χ4v) is 3.86. The van der Waals surface area contributed by atoms with Crippen molar-refractivity contribution < 1.29 is 9.47 Å². The van der Waals surface area contributed by atoms with Crippen molar-refractivity contribution in [1.82, 2.24) is 9.88 Å². The molecule has 2 saturated heterocycles. The lowest BCUT2D eigenvalue weighted by Crippen LogP contribution is -2.48. The van der Waals surface area contributed by atoms with Crippen molar-refractivity contribution in [3.8, 4) is 5.88 Å². The highest BCUT2D eigenvalue weighted by Gasteiger charge is 2.49. The van der Waals surface area contributed by atoms with E-state index >= 15 is 0 Å². The van der Waals surface area contributed by atoms with Gasteiger partial charge in [0, 0.05) is 23.8 Å². The predicted molar refractivity (Wildman–Crippen MR) is 91.9 cm³/mol. The van der Waals surface area contributed by atoms with Crippen LogP contribution in [0.4, 0.5) is 0 Å². The van der Waals surface area contributed by atoms with Gasteiger partial charge in [-0.1, -0.05) is 6.07 Å². The van der Waals surface area contributed by atoms with E-state index in [0.29, 0.717) is 6.04 Å². The molecule has 2 fully saturated rings. The van der Waals surface area contributed by atoms with Crippen LogP contribution in [0.25, 0.3) is 0 Å². The molecule has 0 aromatic carbocycles. The van der Waals surface area contributed by atoms with E-state index in [1.807, 2.05) is 25.3 Å². The van der Waals surface area contributed by atoms with Crippen LogP contribution < -0.4 is 4.74 Å². The average Bonchev–Trinajstić information content (AvgIpc) is 3.04. The van der Waals surface area contributed by atoms with Gasteiger partial charge in [0.25, 0.3) is 0 Å². The average molecular weight is 318 g/mol. The van der Waals surface area contributed by atoms with Gasteiger partial charge in [-0.05, 0) is 65.5 Å². The van der Waals surface area contributed by atoms with Gasteiger partial charge in [-0.2, -0.15) is 0 Å². The summed E-state index contributed by atoms with van der Waals surface area (Å²) < 4.78 is 12.1. The van der Waals surface area contributed by atoms with E-state index in [2.05, 4.69) is 30.7 Å². The maximum atomic E-state index is 6.15. The molecule has 0 radical (unpaired) electrons. The summed E-state index contributed by atoms with van der Waals surface area (Å²) in [6.45, 7) is 11.2. The Balaban J connectivity index is 1.59. The summed E-state index contributed by atoms with van der Waals surface area (Å²) in [5.74, 6) is 0.734. The number of pyridine rings is 1. The quantitative estimate of drug-likeness (QED) is 0.831. The maximum Gasteiger partial charge on any atom is 0.213 e. The molecule has 0 saturated carbocycles. The summed E-state index contributed by atoms with van der Waals surface area (Å²) in [4.78, 5) is 6.99. The second-order valence-electron chi connectivity index (χ2n) is 8.10. The van der Waals surface area contributed by atoms with Gasteiger partial charge in [0.2, 0.25) is 5.88 Å². The molecule has 2 aliphatic rings. The molecule has 0 bridgehead atoms. The molecule has 0 spiro atoms. The minimum absolute atomic E-state index is 0.0661. The normalized spacial score (nSPS) is 28.1. The van der Waals surface area contributed by atoms with Crippen LogP contribution in [-0.4, -0.2) is 46.8 Å². The van der Waals surface area contributed by atoms with Crippen LogP contribution in [0, 0.1) is 6.92 Å². The van der Waals surface area contributed by atoms with E-state index in [1.54, 1.807) is 0 Å². The van der Waals surface area contributed by atoms with E-state index in [-0.39, 0.29) is 11.1 Å². The fourth-order valence-electron chi connectivity index (χ4n) is 3.86. The highest BCUT2D eigenvalue weighted by Crippen LogP contribution is 2.43. The Morgan fingerprint density at radius 3 is 2.83 bits per heavy atom. The molecule has 3 heterocycles. The largest absolute Gasteiger partial charge is 0.476 e. The molecule has 1 aromatic heterocycles. The van der Waals surface area contributed by atoms with Crippen LogP contribution in [0.2, 0.25) is 0 Å². The van der Waals surface area contributed by atoms with Crippen molar-refractivity contribution in [1.29, 1.82) is 0 Å². The lowest BCUT2D eigenvalue weighted by Gasteiger charge is -2.37. The zero-order valence-electron chi connectivity index (χ0n) is 15.0. The third kappa shape index (κ3) is 3.86. The molecule has 23 heavy (non-hydrogen) atoms. The van der Waals surface area contributed by atoms with Crippen LogP contribution in [0.3, 0.4) is 0 Å². The molecule has 0 N–H and O–H groups in total. The number of rotatable bonds is 5. The Bertz CT molecular complexity index is 523. The van der Waals surface area contributed by atoms with Crippen molar-refractivity contribution in [2.24, 2.45) is 0 Å². The lowest BCUT2D eigenvalue weighted by molar-refractivity contribution is -0.0584. The van der Waals surface area contributed by atoms with Crippen LogP contribution in [0.15, 0.2) is 18.3 Å². The summed E-state index contributed by atoms with van der Waals surface area (Å²) in [5.41, 5.74) is 1.34. The molecule has 0 aliphatic carbocycles. The number of ether oxygens (including phenoxy) is 2. The summed E-state index contributed by atoms with van der Waals surface area (Å²) in [5, 5.41) is 0. The number of hydrogen-bond donors (Lipinski definition) is 0. The number of aromatic nitrogens is 1. The molecule has 1 aromatic rings. The SMILES string of the molecule is Cc1ccc(OC[C@@H]2CC[C@]3(COC(C)(C)C)CCCN23)nc1. The van der Waals surface area contributed by atoms with Crippen LogP contribution in [0.1, 0.15) is 52.0 Å². The Morgan fingerprint density at radius 2 is 2.13 bits per heavy atom. The van der Waals surface area contributed by atoms with Gasteiger partial charge in [0.1, 0.15) is 6.61 Å². The smallest absolute Gasteiger partial charge is 0.213 e. The molecular weight excluding hydrogens is 288 g/mol. The van der Waals surface area contributed by atoms with Gasteiger partial charge in [-0.15, -0.1) is 0 Å². The number of fused-ring (bicyclic) bond motifs is 1. The molecular formula is C19H30N2O2. The molecule has 0 amide bonds. The van der Waals surface area contributed by atoms with Gasteiger partial charge >= 0.3 is 0 Å². The number of aryl methyl sites for hydroxylation is 1. The van der Waals surface area contributed by atoms with Crippen LogP contribution in [0.5, 0.6) is 5.88 Å². The second-order valence-corrected chi connectivity index (χ2v) is 8.10. The maximum absolute atomic E-state index is 6.15. The first-order valence-electron chi connectivity index (χ1n) is 8.84. The zero-order chi connectivity index (χ0) is 16.5. The first-order chi connectivity index (χ1) is 10.9. The molecule has 128 valence electrons. The summed E-state index contributed by atoms with van der Waals surface area (Å²) >= 11 is 0. The Morgan fingerprint density at radius 1 is 1.30 bits per heavy atom. The Labute approximate surface area is 140 Å². The van der Waals surface area contributed by atoms with E-state index in [0.717, 1.165) is 24.7 Å². The van der Waals surface area contributed by atoms with Crippen molar-refractivity contribution in [3.05, 3.63) is 23.9 Å². The highest BCUT2D eigenvalue weighted by atomic mass is 16.5. The molecule has 0 unspecified atom stereocenters. The molecule has 4 nitrogen and oxygen atoms in total. The van der Waals surface area contributed by atoms with Gasteiger partial charge < -0.3 is 9.47 Å². The van der Waals surface area contributed by atoms with Crippen molar-refractivity contribution in [2.75, 3.05) is 19.8 Å². The summed E-state index contributed by atoms with van der Waals surface area (Å²) in [6.07, 6.45) is 6.80. The Kier molecular flexibility index (Phi) is 4.65. The topological polar surface area (TPSA) is 34.6 Å². The van der Waals surface area contributed by atoms with Gasteiger partial charge in [-0.3, -0.25) is 4.90 Å². The zero-order valence-corrected chi connectivity index (χ0v) is 15.0. The lowest BCUT2D eigenvalue weighted by atomic mass is 9.95. The van der Waals surface area contributed by atoms with E-state index in [4.69, 9.17) is 9.47 Å². The fraction of sp³-hybridized carbons (Fsp3) is 0.737. The first-order valence-corrected chi connectivity index (χ1v) is 8.84. The minimum Gasteiger partial charge on any atom is -0.476 e. The standard InChI is InChI=1S/C19H30N2O2/c1-15-6-7-17(20-12-15)22-13-16-8-10-19(9-5-11-21(16)19)14-23-18(2,3)4/h6-7,12,16H,5,8-11,13-14H2,1-4H3/t16-,19-/m0/s1. The van der Waals surface area contributed by atoms with E-state index < -0.39 is 0 Å². The number of hydrogen-bond acceptors (Lipinski definition) is 4. The molecule has 3 rings (SSSR count). The van der Waals surface area contributed by atoms with Crippen molar-refractivity contribution in [2.45, 2.75) is 70.6 Å². The Hall–Kier alpha value is -1.13. The minimum atomic E-state index is -0.0661.